The molecule has 0 spiro atoms. The van der Waals surface area contributed by atoms with Crippen molar-refractivity contribution in [3.05, 3.63) is 0 Å². The minimum atomic E-state index is 0.386. The molecule has 4 heteroatoms. The Kier molecular flexibility index (Phi) is 10.1. The summed E-state index contributed by atoms with van der Waals surface area (Å²) in [7, 11) is 3.96. The first-order valence-electron chi connectivity index (χ1n) is 5.65. The molecule has 2 unspecified atom stereocenters. The van der Waals surface area contributed by atoms with Gasteiger partial charge in [0.1, 0.15) is 5.40 Å². The maximum atomic E-state index is 8.54. The van der Waals surface area contributed by atoms with Crippen LogP contribution in [-0.2, 0) is 0 Å². The number of thiocyanates is 1. The molecule has 0 rings (SSSR count). The molecular weight excluding hydrogens is 206 g/mol. The van der Waals surface area contributed by atoms with Crippen molar-refractivity contribution in [1.29, 1.82) is 5.26 Å². The van der Waals surface area contributed by atoms with E-state index in [1.165, 1.54) is 37.4 Å². The van der Waals surface area contributed by atoms with E-state index in [1.807, 2.05) is 14.1 Å². The van der Waals surface area contributed by atoms with E-state index >= 15 is 0 Å². The van der Waals surface area contributed by atoms with Crippen molar-refractivity contribution in [2.45, 2.75) is 44.7 Å². The van der Waals surface area contributed by atoms with Crippen LogP contribution in [0, 0.1) is 10.7 Å². The number of hydrogen-bond donors (Lipinski definition) is 2. The average molecular weight is 229 g/mol. The molecule has 0 aromatic rings. The molecular formula is C11H23N3S. The van der Waals surface area contributed by atoms with E-state index in [9.17, 15) is 0 Å². The Labute approximate surface area is 98.0 Å². The van der Waals surface area contributed by atoms with Gasteiger partial charge in [0.15, 0.2) is 0 Å². The molecule has 3 nitrogen and oxygen atoms in total. The minimum absolute atomic E-state index is 0.386. The monoisotopic (exact) mass is 229 g/mol. The molecule has 2 N–H and O–H groups in total. The fourth-order valence-corrected chi connectivity index (χ4v) is 2.34. The van der Waals surface area contributed by atoms with E-state index < -0.39 is 0 Å². The first kappa shape index (κ1) is 14.8. The van der Waals surface area contributed by atoms with Crippen molar-refractivity contribution in [3.8, 4) is 5.40 Å². The summed E-state index contributed by atoms with van der Waals surface area (Å²) in [6.07, 6.45) is 4.99. The molecule has 0 radical (unpaired) electrons. The zero-order chi connectivity index (χ0) is 11.5. The summed E-state index contributed by atoms with van der Waals surface area (Å²) in [5.74, 6) is 0.852. The summed E-state index contributed by atoms with van der Waals surface area (Å²) in [5, 5.41) is 17.3. The maximum absolute atomic E-state index is 8.54. The average Bonchev–Trinajstić information content (AvgIpc) is 2.27. The van der Waals surface area contributed by atoms with Crippen LogP contribution in [0.25, 0.3) is 0 Å². The van der Waals surface area contributed by atoms with Gasteiger partial charge in [0.05, 0.1) is 0 Å². The van der Waals surface area contributed by atoms with Crippen LogP contribution in [0.5, 0.6) is 0 Å². The Bertz CT molecular complexity index is 179. The largest absolute Gasteiger partial charge is 0.315 e. The van der Waals surface area contributed by atoms with E-state index in [0.717, 1.165) is 5.75 Å². The van der Waals surface area contributed by atoms with E-state index in [1.54, 1.807) is 0 Å². The summed E-state index contributed by atoms with van der Waals surface area (Å²) in [4.78, 5) is 0. The van der Waals surface area contributed by atoms with Crippen LogP contribution < -0.4 is 10.6 Å². The molecule has 0 aromatic carbocycles. The van der Waals surface area contributed by atoms with E-state index in [0.29, 0.717) is 12.1 Å². The third kappa shape index (κ3) is 6.77. The molecule has 0 aliphatic heterocycles. The number of likely N-dealkylation sites (N-methyl/N-ethyl adjacent to an activating group) is 2. The topological polar surface area (TPSA) is 47.9 Å². The molecule has 88 valence electrons. The van der Waals surface area contributed by atoms with Crippen LogP contribution in [0.1, 0.15) is 32.6 Å². The predicted octanol–water partition coefficient (Wildman–Crippen LogP) is 1.96. The molecule has 2 atom stereocenters. The third-order valence-corrected chi connectivity index (χ3v) is 3.33. The van der Waals surface area contributed by atoms with Crippen molar-refractivity contribution in [1.82, 2.24) is 10.6 Å². The highest BCUT2D eigenvalue weighted by atomic mass is 32.2. The van der Waals surface area contributed by atoms with Gasteiger partial charge < -0.3 is 10.6 Å². The highest BCUT2D eigenvalue weighted by Crippen LogP contribution is 2.10. The third-order valence-electron chi connectivity index (χ3n) is 2.67. The fraction of sp³-hybridized carbons (Fsp3) is 0.909. The van der Waals surface area contributed by atoms with Crippen LogP contribution in [0.3, 0.4) is 0 Å². The second-order valence-corrected chi connectivity index (χ2v) is 4.49. The molecule has 0 aromatic heterocycles. The number of hydrogen-bond acceptors (Lipinski definition) is 4. The number of nitrogens with zero attached hydrogens (tertiary/aromatic N) is 1. The molecule has 0 fully saturated rings. The Morgan fingerprint density at radius 3 is 2.33 bits per heavy atom. The van der Waals surface area contributed by atoms with Crippen LogP contribution in [0.4, 0.5) is 0 Å². The van der Waals surface area contributed by atoms with E-state index in [2.05, 4.69) is 23.0 Å². The lowest BCUT2D eigenvalue weighted by Gasteiger charge is -2.25. The second kappa shape index (κ2) is 10.3. The zero-order valence-electron chi connectivity index (χ0n) is 10.0. The van der Waals surface area contributed by atoms with Gasteiger partial charge >= 0.3 is 0 Å². The minimum Gasteiger partial charge on any atom is -0.315 e. The van der Waals surface area contributed by atoms with Crippen LogP contribution in [0.15, 0.2) is 0 Å². The van der Waals surface area contributed by atoms with Gasteiger partial charge in [-0.15, -0.1) is 0 Å². The van der Waals surface area contributed by atoms with Gasteiger partial charge in [-0.25, -0.2) is 0 Å². The van der Waals surface area contributed by atoms with Crippen molar-refractivity contribution < 1.29 is 0 Å². The fourth-order valence-electron chi connectivity index (χ4n) is 1.69. The zero-order valence-corrected chi connectivity index (χ0v) is 10.9. The predicted molar refractivity (Wildman–Crippen MR) is 67.9 cm³/mol. The number of thioether (sulfide) groups is 1. The molecule has 0 saturated carbocycles. The maximum Gasteiger partial charge on any atom is 0.133 e. The summed E-state index contributed by atoms with van der Waals surface area (Å²) in [6.45, 7) is 2.22. The Morgan fingerprint density at radius 2 is 1.87 bits per heavy atom. The van der Waals surface area contributed by atoms with Crippen molar-refractivity contribution in [2.24, 2.45) is 0 Å². The SMILES string of the molecule is CCCCCC(NC)C(CSC#N)NC. The lowest BCUT2D eigenvalue weighted by Crippen LogP contribution is -2.46. The van der Waals surface area contributed by atoms with Gasteiger partial charge in [-0.1, -0.05) is 26.2 Å². The second-order valence-electron chi connectivity index (χ2n) is 3.69. The summed E-state index contributed by atoms with van der Waals surface area (Å²) < 4.78 is 0. The molecule has 0 heterocycles. The number of nitrogens with one attached hydrogen (secondary N) is 2. The summed E-state index contributed by atoms with van der Waals surface area (Å²) in [5.41, 5.74) is 0. The van der Waals surface area contributed by atoms with E-state index in [4.69, 9.17) is 5.26 Å². The van der Waals surface area contributed by atoms with Crippen LogP contribution >= 0.6 is 11.8 Å². The number of rotatable bonds is 9. The Hall–Kier alpha value is -0.240. The Morgan fingerprint density at radius 1 is 1.20 bits per heavy atom. The smallest absolute Gasteiger partial charge is 0.133 e. The molecule has 0 amide bonds. The quantitative estimate of drug-likeness (QED) is 0.469. The lowest BCUT2D eigenvalue weighted by atomic mass is 10.0. The first-order valence-corrected chi connectivity index (χ1v) is 6.64. The normalized spacial score (nSPS) is 14.5. The van der Waals surface area contributed by atoms with Gasteiger partial charge in [0.25, 0.3) is 0 Å². The highest BCUT2D eigenvalue weighted by Gasteiger charge is 2.17. The van der Waals surface area contributed by atoms with Gasteiger partial charge in [-0.3, -0.25) is 0 Å². The van der Waals surface area contributed by atoms with Crippen LogP contribution in [0.2, 0.25) is 0 Å². The van der Waals surface area contributed by atoms with Gasteiger partial charge in [0, 0.05) is 17.8 Å². The summed E-state index contributed by atoms with van der Waals surface area (Å²) >= 11 is 1.33. The van der Waals surface area contributed by atoms with E-state index in [-0.39, 0.29) is 0 Å². The van der Waals surface area contributed by atoms with Crippen molar-refractivity contribution in [3.63, 3.8) is 0 Å². The lowest BCUT2D eigenvalue weighted by molar-refractivity contribution is 0.400. The highest BCUT2D eigenvalue weighted by molar-refractivity contribution is 8.03. The molecule has 0 bridgehead atoms. The summed E-state index contributed by atoms with van der Waals surface area (Å²) in [6, 6.07) is 0.860. The van der Waals surface area contributed by atoms with Gasteiger partial charge in [-0.05, 0) is 32.3 Å². The molecule has 0 aliphatic carbocycles. The van der Waals surface area contributed by atoms with Gasteiger partial charge in [-0.2, -0.15) is 5.26 Å². The standard InChI is InChI=1S/C11H23N3S/c1-4-5-6-7-10(13-2)11(14-3)8-15-9-12/h10-11,13-14H,4-8H2,1-3H3. The number of nitriles is 1. The Balaban J connectivity index is 3.92. The van der Waals surface area contributed by atoms with Crippen molar-refractivity contribution >= 4 is 11.8 Å². The molecule has 0 saturated heterocycles. The molecule has 0 aliphatic rings. The van der Waals surface area contributed by atoms with Gasteiger partial charge in [0.2, 0.25) is 0 Å². The number of unbranched alkanes of at least 4 members (excludes halogenated alkanes) is 2. The van der Waals surface area contributed by atoms with Crippen LogP contribution in [-0.4, -0.2) is 31.9 Å². The first-order chi connectivity index (χ1) is 7.29. The molecule has 15 heavy (non-hydrogen) atoms. The van der Waals surface area contributed by atoms with Crippen molar-refractivity contribution in [2.75, 3.05) is 19.8 Å².